The Labute approximate surface area is 171 Å². The maximum absolute atomic E-state index is 13.2. The first-order valence-electron chi connectivity index (χ1n) is 9.16. The normalized spacial score (nSPS) is 16.4. The average molecular weight is 406 g/mol. The Morgan fingerprint density at radius 2 is 1.93 bits per heavy atom. The van der Waals surface area contributed by atoms with Crippen molar-refractivity contribution in [1.29, 1.82) is 0 Å². The van der Waals surface area contributed by atoms with Crippen LogP contribution in [0, 0.1) is 0 Å². The number of carbonyl (C=O) groups is 1. The van der Waals surface area contributed by atoms with Crippen molar-refractivity contribution in [3.8, 4) is 0 Å². The molecule has 0 aliphatic carbocycles. The molecule has 3 heterocycles. The molecule has 5 rings (SSSR count). The van der Waals surface area contributed by atoms with Gasteiger partial charge in [0.1, 0.15) is 23.9 Å². The van der Waals surface area contributed by atoms with Gasteiger partial charge < -0.3 is 4.42 Å². The molecular weight excluding hydrogens is 390 g/mol. The lowest BCUT2D eigenvalue weighted by molar-refractivity contribution is -0.134. The summed E-state index contributed by atoms with van der Waals surface area (Å²) in [7, 11) is 0. The van der Waals surface area contributed by atoms with Crippen molar-refractivity contribution in [2.24, 2.45) is 5.10 Å². The second-order valence-electron chi connectivity index (χ2n) is 6.76. The minimum absolute atomic E-state index is 0.0368. The molecule has 1 amide bonds. The van der Waals surface area contributed by atoms with Gasteiger partial charge in [0.05, 0.1) is 17.5 Å². The molecule has 0 unspecified atom stereocenters. The number of hydrogen-bond donors (Lipinski definition) is 0. The van der Waals surface area contributed by atoms with Gasteiger partial charge in [0.15, 0.2) is 0 Å². The summed E-state index contributed by atoms with van der Waals surface area (Å²) in [5.41, 5.74) is 3.28. The van der Waals surface area contributed by atoms with Gasteiger partial charge in [0, 0.05) is 11.4 Å². The van der Waals surface area contributed by atoms with E-state index in [1.54, 1.807) is 10.9 Å². The van der Waals surface area contributed by atoms with Gasteiger partial charge in [-0.25, -0.2) is 9.69 Å². The van der Waals surface area contributed by atoms with Crippen molar-refractivity contribution in [2.75, 3.05) is 0 Å². The van der Waals surface area contributed by atoms with E-state index < -0.39 is 0 Å². The summed E-state index contributed by atoms with van der Waals surface area (Å²) >= 11 is 6.00. The molecule has 0 fully saturated rings. The van der Waals surface area contributed by atoms with Gasteiger partial charge in [-0.3, -0.25) is 4.79 Å². The number of nitrogens with zero attached hydrogens (tertiary/aromatic N) is 5. The number of para-hydroxylation sites is 1. The maximum Gasteiger partial charge on any atom is 0.265 e. The van der Waals surface area contributed by atoms with E-state index in [0.29, 0.717) is 17.2 Å². The Morgan fingerprint density at radius 1 is 1.10 bits per heavy atom. The monoisotopic (exact) mass is 405 g/mol. The number of carbonyl (C=O) groups excluding carboxylic acids is 1. The third-order valence-electron chi connectivity index (χ3n) is 4.92. The molecular formula is C21H16ClN5O2. The lowest BCUT2D eigenvalue weighted by Gasteiger charge is -2.19. The number of furan rings is 1. The minimum atomic E-state index is -0.307. The van der Waals surface area contributed by atoms with E-state index in [1.807, 2.05) is 60.7 Å². The van der Waals surface area contributed by atoms with Crippen LogP contribution in [0.1, 0.15) is 23.8 Å². The van der Waals surface area contributed by atoms with E-state index in [-0.39, 0.29) is 18.5 Å². The minimum Gasteiger partial charge on any atom is -0.467 e. The second kappa shape index (κ2) is 7.18. The van der Waals surface area contributed by atoms with E-state index in [9.17, 15) is 4.79 Å². The first kappa shape index (κ1) is 17.6. The summed E-state index contributed by atoms with van der Waals surface area (Å²) in [5.74, 6) is 0.500. The average Bonchev–Trinajstić information content (AvgIpc) is 3.48. The Hall–Kier alpha value is -3.45. The summed E-state index contributed by atoms with van der Waals surface area (Å²) in [4.78, 5) is 13.2. The molecule has 144 valence electrons. The zero-order chi connectivity index (χ0) is 19.8. The highest BCUT2D eigenvalue weighted by Gasteiger charge is 2.35. The van der Waals surface area contributed by atoms with Crippen LogP contribution < -0.4 is 0 Å². The molecule has 0 saturated heterocycles. The van der Waals surface area contributed by atoms with Crippen molar-refractivity contribution >= 4 is 34.3 Å². The Kier molecular flexibility index (Phi) is 4.37. The summed E-state index contributed by atoms with van der Waals surface area (Å²) in [5, 5.41) is 15.0. The lowest BCUT2D eigenvalue weighted by atomic mass is 10.0. The fourth-order valence-electron chi connectivity index (χ4n) is 3.49. The van der Waals surface area contributed by atoms with Crippen LogP contribution in [0.5, 0.6) is 0 Å². The van der Waals surface area contributed by atoms with Gasteiger partial charge in [0.25, 0.3) is 5.91 Å². The number of benzene rings is 2. The number of hydrazone groups is 1. The number of hydrogen-bond acceptors (Lipinski definition) is 5. The molecule has 0 spiro atoms. The van der Waals surface area contributed by atoms with Crippen molar-refractivity contribution in [1.82, 2.24) is 20.0 Å². The smallest absolute Gasteiger partial charge is 0.265 e. The molecule has 1 atom stereocenters. The van der Waals surface area contributed by atoms with Gasteiger partial charge in [-0.15, -0.1) is 5.10 Å². The molecule has 4 aromatic rings. The standard InChI is InChI=1S/C21H16ClN5O2/c22-15-9-7-14(8-10-15)17-12-19(20-6-3-11-29-20)27(24-17)21(28)13-26-18-5-2-1-4-16(18)23-25-26/h1-11,19H,12-13H2/t19-/m1/s1. The highest BCUT2D eigenvalue weighted by atomic mass is 35.5. The van der Waals surface area contributed by atoms with Crippen LogP contribution in [0.2, 0.25) is 5.02 Å². The molecule has 2 aromatic carbocycles. The van der Waals surface area contributed by atoms with E-state index in [0.717, 1.165) is 22.3 Å². The SMILES string of the molecule is O=C(Cn1nnc2ccccc21)N1N=C(c2ccc(Cl)cc2)C[C@@H]1c1ccco1. The number of rotatable bonds is 4. The summed E-state index contributed by atoms with van der Waals surface area (Å²) in [6.07, 6.45) is 2.15. The Balaban J connectivity index is 1.47. The molecule has 1 aliphatic heterocycles. The number of halogens is 1. The van der Waals surface area contributed by atoms with Crippen LogP contribution in [-0.2, 0) is 11.3 Å². The molecule has 1 aliphatic rings. The largest absolute Gasteiger partial charge is 0.467 e. The first-order valence-corrected chi connectivity index (χ1v) is 9.54. The molecule has 29 heavy (non-hydrogen) atoms. The van der Waals surface area contributed by atoms with Gasteiger partial charge in [-0.1, -0.05) is 41.1 Å². The first-order chi connectivity index (χ1) is 14.2. The molecule has 7 nitrogen and oxygen atoms in total. The highest BCUT2D eigenvalue weighted by molar-refractivity contribution is 6.30. The number of aromatic nitrogens is 3. The van der Waals surface area contributed by atoms with Crippen LogP contribution in [-0.4, -0.2) is 31.6 Å². The molecule has 0 N–H and O–H groups in total. The summed E-state index contributed by atoms with van der Waals surface area (Å²) in [6.45, 7) is 0.0368. The third kappa shape index (κ3) is 3.30. The molecule has 0 saturated carbocycles. The second-order valence-corrected chi connectivity index (χ2v) is 7.20. The van der Waals surface area contributed by atoms with Gasteiger partial charge in [0.2, 0.25) is 0 Å². The van der Waals surface area contributed by atoms with Crippen LogP contribution in [0.4, 0.5) is 0 Å². The molecule has 0 radical (unpaired) electrons. The zero-order valence-corrected chi connectivity index (χ0v) is 16.0. The van der Waals surface area contributed by atoms with Crippen LogP contribution in [0.3, 0.4) is 0 Å². The van der Waals surface area contributed by atoms with E-state index >= 15 is 0 Å². The predicted octanol–water partition coefficient (Wildman–Crippen LogP) is 4.06. The van der Waals surface area contributed by atoms with E-state index in [2.05, 4.69) is 15.4 Å². The third-order valence-corrected chi connectivity index (χ3v) is 5.17. The maximum atomic E-state index is 13.2. The van der Waals surface area contributed by atoms with Crippen LogP contribution in [0.15, 0.2) is 76.4 Å². The van der Waals surface area contributed by atoms with Crippen molar-refractivity contribution in [3.05, 3.63) is 83.3 Å². The van der Waals surface area contributed by atoms with Crippen molar-refractivity contribution in [3.63, 3.8) is 0 Å². The van der Waals surface area contributed by atoms with Gasteiger partial charge in [-0.05, 0) is 42.0 Å². The quantitative estimate of drug-likeness (QED) is 0.513. The van der Waals surface area contributed by atoms with Crippen molar-refractivity contribution < 1.29 is 9.21 Å². The van der Waals surface area contributed by atoms with Gasteiger partial charge in [-0.2, -0.15) is 5.10 Å². The fraction of sp³-hybridized carbons (Fsp3) is 0.143. The number of fused-ring (bicyclic) bond motifs is 1. The van der Waals surface area contributed by atoms with Gasteiger partial charge >= 0.3 is 0 Å². The van der Waals surface area contributed by atoms with Crippen LogP contribution in [0.25, 0.3) is 11.0 Å². The molecule has 2 aromatic heterocycles. The highest BCUT2D eigenvalue weighted by Crippen LogP contribution is 2.33. The van der Waals surface area contributed by atoms with E-state index in [4.69, 9.17) is 16.0 Å². The molecule has 8 heteroatoms. The predicted molar refractivity (Wildman–Crippen MR) is 108 cm³/mol. The summed E-state index contributed by atoms with van der Waals surface area (Å²) < 4.78 is 7.17. The molecule has 0 bridgehead atoms. The topological polar surface area (TPSA) is 76.5 Å². The number of amides is 1. The Bertz CT molecular complexity index is 1200. The summed E-state index contributed by atoms with van der Waals surface area (Å²) in [6, 6.07) is 18.3. The fourth-order valence-corrected chi connectivity index (χ4v) is 3.62. The lowest BCUT2D eigenvalue weighted by Crippen LogP contribution is -2.30. The van der Waals surface area contributed by atoms with Crippen molar-refractivity contribution in [2.45, 2.75) is 19.0 Å². The van der Waals surface area contributed by atoms with Crippen LogP contribution >= 0.6 is 11.6 Å². The zero-order valence-electron chi connectivity index (χ0n) is 15.3. The van der Waals surface area contributed by atoms with E-state index in [1.165, 1.54) is 5.01 Å². The Morgan fingerprint density at radius 3 is 2.72 bits per heavy atom.